The van der Waals surface area contributed by atoms with Gasteiger partial charge in [0.1, 0.15) is 6.61 Å². The summed E-state index contributed by atoms with van der Waals surface area (Å²) in [4.78, 5) is 10.3. The number of carbonyl (C=O) groups excluding carboxylic acids is 1. The van der Waals surface area contributed by atoms with Gasteiger partial charge in [0.15, 0.2) is 0 Å². The van der Waals surface area contributed by atoms with Gasteiger partial charge in [-0.25, -0.2) is 0 Å². The predicted molar refractivity (Wildman–Crippen MR) is 25.6 cm³/mol. The second-order valence-electron chi connectivity index (χ2n) is 1.75. The lowest BCUT2D eigenvalue weighted by Crippen LogP contribution is -2.21. The van der Waals surface area contributed by atoms with E-state index in [0.29, 0.717) is 6.42 Å². The highest BCUT2D eigenvalue weighted by Crippen LogP contribution is 2.09. The summed E-state index contributed by atoms with van der Waals surface area (Å²) >= 11 is 0. The normalized spacial score (nSPS) is 29.6. The molecule has 1 fully saturated rings. The van der Waals surface area contributed by atoms with Crippen LogP contribution in [0.15, 0.2) is 0 Å². The van der Waals surface area contributed by atoms with Crippen LogP contribution in [0.3, 0.4) is 0 Å². The van der Waals surface area contributed by atoms with Gasteiger partial charge >= 0.3 is 5.97 Å². The second-order valence-corrected chi connectivity index (χ2v) is 1.75. The molecule has 1 atom stereocenters. The van der Waals surface area contributed by atoms with Crippen LogP contribution >= 0.6 is 0 Å². The molecule has 0 aliphatic carbocycles. The molecule has 1 aliphatic rings. The van der Waals surface area contributed by atoms with Crippen molar-refractivity contribution in [3.8, 4) is 0 Å². The minimum Gasteiger partial charge on any atom is -0.458 e. The number of carbonyl (C=O) groups is 1. The Hall–Kier alpha value is -0.570. The van der Waals surface area contributed by atoms with Crippen molar-refractivity contribution in [1.82, 2.24) is 0 Å². The molecule has 1 unspecified atom stereocenters. The number of aliphatic hydroxyl groups is 1. The standard InChI is InChI=1S/C5H7O3/c6-4-1-2-8-5(7)3-4/h2,4,6H,1,3H2. The van der Waals surface area contributed by atoms with E-state index < -0.39 is 6.10 Å². The van der Waals surface area contributed by atoms with E-state index in [1.807, 2.05) is 0 Å². The van der Waals surface area contributed by atoms with Crippen LogP contribution in [-0.4, -0.2) is 17.2 Å². The zero-order chi connectivity index (χ0) is 5.98. The van der Waals surface area contributed by atoms with Gasteiger partial charge < -0.3 is 9.84 Å². The Labute approximate surface area is 47.3 Å². The first kappa shape index (κ1) is 5.56. The molecule has 0 spiro atoms. The number of hydrogen-bond acceptors (Lipinski definition) is 3. The molecule has 1 rings (SSSR count). The highest BCUT2D eigenvalue weighted by atomic mass is 16.5. The van der Waals surface area contributed by atoms with E-state index in [-0.39, 0.29) is 12.4 Å². The quantitative estimate of drug-likeness (QED) is 0.446. The fraction of sp³-hybridized carbons (Fsp3) is 0.600. The maximum atomic E-state index is 10.3. The molecule has 3 heteroatoms. The van der Waals surface area contributed by atoms with Gasteiger partial charge in [-0.15, -0.1) is 0 Å². The molecule has 3 nitrogen and oxygen atoms in total. The van der Waals surface area contributed by atoms with Gasteiger partial charge in [0, 0.05) is 6.42 Å². The minimum absolute atomic E-state index is 0.135. The Morgan fingerprint density at radius 2 is 2.62 bits per heavy atom. The Kier molecular flexibility index (Phi) is 1.48. The van der Waals surface area contributed by atoms with Crippen LogP contribution in [0, 0.1) is 6.61 Å². The van der Waals surface area contributed by atoms with Crippen molar-refractivity contribution >= 4 is 5.97 Å². The molecule has 45 valence electrons. The molecule has 0 amide bonds. The first-order chi connectivity index (χ1) is 3.79. The largest absolute Gasteiger partial charge is 0.458 e. The van der Waals surface area contributed by atoms with Crippen molar-refractivity contribution in [2.45, 2.75) is 18.9 Å². The molecule has 0 aromatic rings. The zero-order valence-corrected chi connectivity index (χ0v) is 4.33. The summed E-state index contributed by atoms with van der Waals surface area (Å²) in [6.45, 7) is 1.33. The fourth-order valence-corrected chi connectivity index (χ4v) is 0.576. The third-order valence-corrected chi connectivity index (χ3v) is 0.985. The van der Waals surface area contributed by atoms with Crippen LogP contribution in [0.25, 0.3) is 0 Å². The third kappa shape index (κ3) is 1.20. The molecule has 1 aliphatic heterocycles. The van der Waals surface area contributed by atoms with Crippen molar-refractivity contribution in [3.63, 3.8) is 0 Å². The van der Waals surface area contributed by atoms with Gasteiger partial charge in [0.2, 0.25) is 0 Å². The lowest BCUT2D eigenvalue weighted by atomic mass is 10.2. The average Bonchev–Trinajstić information content (AvgIpc) is 1.64. The number of aliphatic hydroxyl groups excluding tert-OH is 1. The maximum Gasteiger partial charge on any atom is 0.308 e. The zero-order valence-electron chi connectivity index (χ0n) is 4.33. The van der Waals surface area contributed by atoms with E-state index >= 15 is 0 Å². The topological polar surface area (TPSA) is 46.5 Å². The van der Waals surface area contributed by atoms with E-state index in [4.69, 9.17) is 5.11 Å². The SMILES string of the molecule is O=C1CC(O)C[CH]O1. The number of esters is 1. The number of rotatable bonds is 0. The molecule has 0 saturated carbocycles. The smallest absolute Gasteiger partial charge is 0.308 e. The van der Waals surface area contributed by atoms with Crippen LogP contribution in [-0.2, 0) is 9.53 Å². The van der Waals surface area contributed by atoms with E-state index in [1.165, 1.54) is 6.61 Å². The maximum absolute atomic E-state index is 10.3. The molecule has 0 bridgehead atoms. The summed E-state index contributed by atoms with van der Waals surface area (Å²) < 4.78 is 4.42. The summed E-state index contributed by atoms with van der Waals surface area (Å²) in [5.74, 6) is -0.344. The highest BCUT2D eigenvalue weighted by Gasteiger charge is 2.17. The highest BCUT2D eigenvalue weighted by molar-refractivity contribution is 5.71. The van der Waals surface area contributed by atoms with Gasteiger partial charge in [0.25, 0.3) is 0 Å². The Morgan fingerprint density at radius 1 is 1.88 bits per heavy atom. The van der Waals surface area contributed by atoms with Gasteiger partial charge in [-0.05, 0) is 0 Å². The van der Waals surface area contributed by atoms with E-state index in [2.05, 4.69) is 4.74 Å². The summed E-state index contributed by atoms with van der Waals surface area (Å²) in [5.41, 5.74) is 0. The Balaban J connectivity index is 2.34. The summed E-state index contributed by atoms with van der Waals surface area (Å²) in [5, 5.41) is 8.75. The Bertz CT molecular complexity index is 99.8. The van der Waals surface area contributed by atoms with Gasteiger partial charge in [-0.3, -0.25) is 4.79 Å². The molecule has 8 heavy (non-hydrogen) atoms. The van der Waals surface area contributed by atoms with E-state index in [1.54, 1.807) is 0 Å². The van der Waals surface area contributed by atoms with Crippen LogP contribution < -0.4 is 0 Å². The Morgan fingerprint density at radius 3 is 3.00 bits per heavy atom. The molecule has 1 saturated heterocycles. The third-order valence-electron chi connectivity index (χ3n) is 0.985. The van der Waals surface area contributed by atoms with Gasteiger partial charge in [-0.2, -0.15) is 0 Å². The van der Waals surface area contributed by atoms with Crippen molar-refractivity contribution < 1.29 is 14.6 Å². The van der Waals surface area contributed by atoms with Crippen molar-refractivity contribution in [2.75, 3.05) is 0 Å². The summed E-state index contributed by atoms with van der Waals surface area (Å²) in [6.07, 6.45) is 0.0821. The molecule has 1 N–H and O–H groups in total. The first-order valence-corrected chi connectivity index (χ1v) is 2.48. The van der Waals surface area contributed by atoms with Crippen molar-refractivity contribution in [1.29, 1.82) is 0 Å². The minimum atomic E-state index is -0.517. The van der Waals surface area contributed by atoms with Crippen LogP contribution in [0.4, 0.5) is 0 Å². The van der Waals surface area contributed by atoms with E-state index in [0.717, 1.165) is 0 Å². The lowest BCUT2D eigenvalue weighted by molar-refractivity contribution is -0.146. The predicted octanol–water partition coefficient (Wildman–Crippen LogP) is -0.154. The fourth-order valence-electron chi connectivity index (χ4n) is 0.576. The number of cyclic esters (lactones) is 1. The molecule has 1 radical (unpaired) electrons. The number of ether oxygens (including phenoxy) is 1. The van der Waals surface area contributed by atoms with Gasteiger partial charge in [-0.1, -0.05) is 0 Å². The molecule has 0 aromatic heterocycles. The molecule has 0 aromatic carbocycles. The second kappa shape index (κ2) is 2.13. The monoisotopic (exact) mass is 115 g/mol. The van der Waals surface area contributed by atoms with Crippen LogP contribution in [0.1, 0.15) is 12.8 Å². The number of hydrogen-bond donors (Lipinski definition) is 1. The van der Waals surface area contributed by atoms with Crippen molar-refractivity contribution in [2.24, 2.45) is 0 Å². The van der Waals surface area contributed by atoms with Crippen molar-refractivity contribution in [3.05, 3.63) is 6.61 Å². The molecular formula is C5H7O3. The van der Waals surface area contributed by atoms with Crippen LogP contribution in [0.2, 0.25) is 0 Å². The van der Waals surface area contributed by atoms with Gasteiger partial charge in [0.05, 0.1) is 12.5 Å². The lowest BCUT2D eigenvalue weighted by Gasteiger charge is -2.14. The first-order valence-electron chi connectivity index (χ1n) is 2.48. The average molecular weight is 115 g/mol. The molecule has 1 heterocycles. The summed E-state index contributed by atoms with van der Waals surface area (Å²) in [7, 11) is 0. The van der Waals surface area contributed by atoms with E-state index in [9.17, 15) is 4.79 Å². The molecular weight excluding hydrogens is 108 g/mol. The van der Waals surface area contributed by atoms with Crippen LogP contribution in [0.5, 0.6) is 0 Å². The summed E-state index contributed by atoms with van der Waals surface area (Å²) in [6, 6.07) is 0.